The second-order valence-electron chi connectivity index (χ2n) is 7.94. The number of urea groups is 1. The number of likely N-dealkylation sites (N-methyl/N-ethyl adjacent to an activating group) is 1. The van der Waals surface area contributed by atoms with Crippen molar-refractivity contribution in [3.63, 3.8) is 0 Å². The molecule has 1 aromatic carbocycles. The summed E-state index contributed by atoms with van der Waals surface area (Å²) in [7, 11) is 2.12. The summed E-state index contributed by atoms with van der Waals surface area (Å²) in [4.78, 5) is 14.9. The van der Waals surface area contributed by atoms with Crippen LogP contribution in [0.4, 0.5) is 10.6 Å². The number of hydrogen-bond donors (Lipinski definition) is 2. The fourth-order valence-electron chi connectivity index (χ4n) is 4.34. The zero-order chi connectivity index (χ0) is 18.8. The number of anilines is 1. The van der Waals surface area contributed by atoms with Crippen molar-refractivity contribution in [1.82, 2.24) is 20.0 Å². The lowest BCUT2D eigenvalue weighted by Crippen LogP contribution is -2.46. The van der Waals surface area contributed by atoms with Gasteiger partial charge in [0.05, 0.1) is 12.2 Å². The highest BCUT2D eigenvalue weighted by Gasteiger charge is 2.25. The third kappa shape index (κ3) is 3.86. The van der Waals surface area contributed by atoms with Crippen LogP contribution >= 0.6 is 0 Å². The average molecular weight is 367 g/mol. The van der Waals surface area contributed by atoms with E-state index < -0.39 is 0 Å². The maximum Gasteiger partial charge on any atom is 0.320 e. The van der Waals surface area contributed by atoms with Crippen molar-refractivity contribution in [3.8, 4) is 0 Å². The highest BCUT2D eigenvalue weighted by atomic mass is 16.2. The van der Waals surface area contributed by atoms with Crippen LogP contribution in [0.2, 0.25) is 0 Å². The molecule has 0 bridgehead atoms. The first-order chi connectivity index (χ1) is 13.1. The highest BCUT2D eigenvalue weighted by Crippen LogP contribution is 2.32. The lowest BCUT2D eigenvalue weighted by molar-refractivity contribution is 0.207. The number of fused-ring (bicyclic) bond motifs is 1. The average Bonchev–Trinajstić information content (AvgIpc) is 3.30. The van der Waals surface area contributed by atoms with E-state index in [1.54, 1.807) is 0 Å². The minimum Gasteiger partial charge on any atom is -0.336 e. The van der Waals surface area contributed by atoms with Crippen LogP contribution in [0.5, 0.6) is 0 Å². The summed E-state index contributed by atoms with van der Waals surface area (Å²) < 4.78 is 2.00. The molecule has 2 N–H and O–H groups in total. The van der Waals surface area contributed by atoms with Gasteiger partial charge in [-0.05, 0) is 44.4 Å². The standard InChI is InChI=1S/C21H29N5O/c1-15-12-23-26(18-9-5-6-10-18)20(15)24-21(27)22-13-19-11-16-7-3-4-8-17(16)14-25(19)2/h3-4,7-8,12,18-19H,5-6,9-11,13-14H2,1-2H3,(H2,22,24,27)/t19-/m1/s1. The number of aromatic nitrogens is 2. The Morgan fingerprint density at radius 3 is 2.74 bits per heavy atom. The zero-order valence-corrected chi connectivity index (χ0v) is 16.2. The smallest absolute Gasteiger partial charge is 0.320 e. The Morgan fingerprint density at radius 1 is 1.22 bits per heavy atom. The predicted molar refractivity (Wildman–Crippen MR) is 107 cm³/mol. The fourth-order valence-corrected chi connectivity index (χ4v) is 4.34. The van der Waals surface area contributed by atoms with Crippen LogP contribution in [0.3, 0.4) is 0 Å². The van der Waals surface area contributed by atoms with Crippen LogP contribution in [0.25, 0.3) is 0 Å². The molecule has 0 unspecified atom stereocenters. The van der Waals surface area contributed by atoms with Gasteiger partial charge in [0.2, 0.25) is 0 Å². The normalized spacial score (nSPS) is 20.4. The zero-order valence-electron chi connectivity index (χ0n) is 16.2. The molecular weight excluding hydrogens is 338 g/mol. The number of carbonyl (C=O) groups is 1. The topological polar surface area (TPSA) is 62.2 Å². The lowest BCUT2D eigenvalue weighted by atomic mass is 9.94. The summed E-state index contributed by atoms with van der Waals surface area (Å²) in [5, 5.41) is 10.6. The fraction of sp³-hybridized carbons (Fsp3) is 0.524. The van der Waals surface area contributed by atoms with E-state index >= 15 is 0 Å². The molecule has 1 fully saturated rings. The summed E-state index contributed by atoms with van der Waals surface area (Å²) in [5.41, 5.74) is 3.79. The Balaban J connectivity index is 1.36. The number of amides is 2. The quantitative estimate of drug-likeness (QED) is 0.870. The summed E-state index contributed by atoms with van der Waals surface area (Å²) in [6.07, 6.45) is 7.58. The van der Waals surface area contributed by atoms with Gasteiger partial charge in [-0.3, -0.25) is 10.2 Å². The van der Waals surface area contributed by atoms with E-state index in [1.807, 2.05) is 17.8 Å². The minimum atomic E-state index is -0.148. The van der Waals surface area contributed by atoms with E-state index in [2.05, 4.69) is 51.9 Å². The van der Waals surface area contributed by atoms with Gasteiger partial charge < -0.3 is 5.32 Å². The molecule has 144 valence electrons. The molecular formula is C21H29N5O. The van der Waals surface area contributed by atoms with Gasteiger partial charge in [-0.1, -0.05) is 37.1 Å². The Kier molecular flexibility index (Phi) is 5.16. The number of aryl methyl sites for hydroxylation is 1. The summed E-state index contributed by atoms with van der Waals surface area (Å²) in [5.74, 6) is 0.835. The number of nitrogens with one attached hydrogen (secondary N) is 2. The molecule has 6 nitrogen and oxygen atoms in total. The first kappa shape index (κ1) is 18.0. The van der Waals surface area contributed by atoms with Gasteiger partial charge in [0, 0.05) is 24.7 Å². The molecule has 6 heteroatoms. The van der Waals surface area contributed by atoms with Crippen molar-refractivity contribution in [3.05, 3.63) is 47.2 Å². The third-order valence-corrected chi connectivity index (χ3v) is 6.00. The minimum absolute atomic E-state index is 0.148. The van der Waals surface area contributed by atoms with Gasteiger partial charge in [-0.2, -0.15) is 5.10 Å². The molecule has 1 saturated carbocycles. The van der Waals surface area contributed by atoms with Crippen LogP contribution in [0.15, 0.2) is 30.5 Å². The Morgan fingerprint density at radius 2 is 1.96 bits per heavy atom. The summed E-state index contributed by atoms with van der Waals surface area (Å²) in [6.45, 7) is 3.56. The maximum absolute atomic E-state index is 12.5. The number of nitrogens with zero attached hydrogens (tertiary/aromatic N) is 3. The van der Waals surface area contributed by atoms with Crippen molar-refractivity contribution >= 4 is 11.8 Å². The monoisotopic (exact) mass is 367 g/mol. The first-order valence-electron chi connectivity index (χ1n) is 9.98. The molecule has 1 aliphatic carbocycles. The second-order valence-corrected chi connectivity index (χ2v) is 7.94. The number of carbonyl (C=O) groups excluding carboxylic acids is 1. The van der Waals surface area contributed by atoms with E-state index in [4.69, 9.17) is 0 Å². The molecule has 2 amide bonds. The largest absolute Gasteiger partial charge is 0.336 e. The molecule has 0 radical (unpaired) electrons. The van der Waals surface area contributed by atoms with E-state index in [-0.39, 0.29) is 6.03 Å². The molecule has 2 aliphatic rings. The van der Waals surface area contributed by atoms with E-state index in [1.165, 1.54) is 24.0 Å². The van der Waals surface area contributed by atoms with Crippen LogP contribution in [0.1, 0.15) is 48.4 Å². The van der Waals surface area contributed by atoms with Gasteiger partial charge in [-0.15, -0.1) is 0 Å². The van der Waals surface area contributed by atoms with Gasteiger partial charge in [0.15, 0.2) is 0 Å². The molecule has 1 aliphatic heterocycles. The van der Waals surface area contributed by atoms with Crippen molar-refractivity contribution < 1.29 is 4.79 Å². The van der Waals surface area contributed by atoms with Crippen LogP contribution in [-0.2, 0) is 13.0 Å². The van der Waals surface area contributed by atoms with Gasteiger partial charge in [0.1, 0.15) is 5.82 Å². The molecule has 0 saturated heterocycles. The molecule has 4 rings (SSSR count). The number of hydrogen-bond acceptors (Lipinski definition) is 3. The molecule has 1 atom stereocenters. The summed E-state index contributed by atoms with van der Waals surface area (Å²) in [6, 6.07) is 9.14. The van der Waals surface area contributed by atoms with E-state index in [0.29, 0.717) is 18.6 Å². The van der Waals surface area contributed by atoms with Crippen LogP contribution in [-0.4, -0.2) is 40.3 Å². The predicted octanol–water partition coefficient (Wildman–Crippen LogP) is 3.48. The molecule has 1 aromatic heterocycles. The molecule has 2 aromatic rings. The first-order valence-corrected chi connectivity index (χ1v) is 9.98. The third-order valence-electron chi connectivity index (χ3n) is 6.00. The maximum atomic E-state index is 12.5. The van der Waals surface area contributed by atoms with Crippen molar-refractivity contribution in [1.29, 1.82) is 0 Å². The molecule has 27 heavy (non-hydrogen) atoms. The SMILES string of the molecule is Cc1cnn(C2CCCC2)c1NC(=O)NC[C@H]1Cc2ccccc2CN1C. The Labute approximate surface area is 160 Å². The van der Waals surface area contributed by atoms with Crippen molar-refractivity contribution in [2.75, 3.05) is 18.9 Å². The highest BCUT2D eigenvalue weighted by molar-refractivity contribution is 5.89. The Hall–Kier alpha value is -2.34. The van der Waals surface area contributed by atoms with Gasteiger partial charge in [0.25, 0.3) is 0 Å². The van der Waals surface area contributed by atoms with Crippen LogP contribution < -0.4 is 10.6 Å². The van der Waals surface area contributed by atoms with E-state index in [0.717, 1.165) is 37.2 Å². The Bertz CT molecular complexity index is 809. The van der Waals surface area contributed by atoms with Crippen LogP contribution in [0, 0.1) is 6.92 Å². The van der Waals surface area contributed by atoms with Crippen molar-refractivity contribution in [2.24, 2.45) is 0 Å². The molecule has 0 spiro atoms. The summed E-state index contributed by atoms with van der Waals surface area (Å²) >= 11 is 0. The number of rotatable bonds is 4. The van der Waals surface area contributed by atoms with Gasteiger partial charge in [-0.25, -0.2) is 9.48 Å². The number of benzene rings is 1. The van der Waals surface area contributed by atoms with Gasteiger partial charge >= 0.3 is 6.03 Å². The van der Waals surface area contributed by atoms with E-state index in [9.17, 15) is 4.79 Å². The molecule has 2 heterocycles. The lowest BCUT2D eigenvalue weighted by Gasteiger charge is -2.34. The van der Waals surface area contributed by atoms with Crippen molar-refractivity contribution in [2.45, 2.75) is 57.7 Å². The second kappa shape index (κ2) is 7.72.